The van der Waals surface area contributed by atoms with E-state index >= 15 is 0 Å². The van der Waals surface area contributed by atoms with E-state index in [0.29, 0.717) is 30.1 Å². The first kappa shape index (κ1) is 27.3. The number of carbonyl (C=O) groups is 1. The number of rotatable bonds is 4. The van der Waals surface area contributed by atoms with Crippen molar-refractivity contribution < 1.29 is 27.4 Å². The van der Waals surface area contributed by atoms with Gasteiger partial charge in [0.1, 0.15) is 5.82 Å². The number of anilines is 2. The maximum Gasteiger partial charge on any atom is 0.451 e. The lowest BCUT2D eigenvalue weighted by molar-refractivity contribution is -0.144. The van der Waals surface area contributed by atoms with E-state index in [1.165, 1.54) is 0 Å². The Bertz CT molecular complexity index is 1570. The highest BCUT2D eigenvalue weighted by Gasteiger charge is 2.39. The largest absolute Gasteiger partial charge is 0.451 e. The lowest BCUT2D eigenvalue weighted by Gasteiger charge is -2.34. The molecule has 42 heavy (non-hydrogen) atoms. The Balaban J connectivity index is 1.25. The minimum absolute atomic E-state index is 0.137. The summed E-state index contributed by atoms with van der Waals surface area (Å²) in [6.45, 7) is 0.584. The van der Waals surface area contributed by atoms with Gasteiger partial charge < -0.3 is 25.0 Å². The van der Waals surface area contributed by atoms with Gasteiger partial charge in [-0.15, -0.1) is 0 Å². The molecule has 4 N–H and O–H groups in total. The molecule has 3 aliphatic heterocycles. The predicted octanol–water partition coefficient (Wildman–Crippen LogP) is 3.55. The second-order valence-corrected chi connectivity index (χ2v) is 9.98. The van der Waals surface area contributed by atoms with Crippen LogP contribution in [0.25, 0.3) is 0 Å². The van der Waals surface area contributed by atoms with Crippen molar-refractivity contribution >= 4 is 35.0 Å². The van der Waals surface area contributed by atoms with Crippen molar-refractivity contribution in [3.05, 3.63) is 83.3 Å². The van der Waals surface area contributed by atoms with Crippen LogP contribution in [0, 0.1) is 10.8 Å². The number of aromatic nitrogens is 2. The summed E-state index contributed by atoms with van der Waals surface area (Å²) in [7, 11) is 0. The first-order chi connectivity index (χ1) is 20.2. The quantitative estimate of drug-likeness (QED) is 0.273. The van der Waals surface area contributed by atoms with Crippen molar-refractivity contribution in [3.63, 3.8) is 0 Å². The summed E-state index contributed by atoms with van der Waals surface area (Å²) >= 11 is 0. The zero-order valence-corrected chi connectivity index (χ0v) is 22.0. The van der Waals surface area contributed by atoms with Gasteiger partial charge in [0.2, 0.25) is 17.9 Å². The molecule has 0 spiro atoms. The SMILES string of the molecule is N=C(N[C@H]1N=C(c2ccccc2)c2ccccc2NC1=O)OC(=N)c1cnc(C(F)(F)F)nc1N1CC2CCC(C1)O2. The Kier molecular flexibility index (Phi) is 7.06. The van der Waals surface area contributed by atoms with E-state index in [0.717, 1.165) is 24.6 Å². The third-order valence-electron chi connectivity index (χ3n) is 7.08. The number of benzene rings is 2. The summed E-state index contributed by atoms with van der Waals surface area (Å²) in [6.07, 6.45) is -4.03. The first-order valence-electron chi connectivity index (χ1n) is 13.2. The second kappa shape index (κ2) is 10.9. The van der Waals surface area contributed by atoms with Crippen LogP contribution in [0.15, 0.2) is 65.8 Å². The molecule has 2 unspecified atom stereocenters. The number of nitrogens with zero attached hydrogens (tertiary/aromatic N) is 4. The summed E-state index contributed by atoms with van der Waals surface area (Å²) in [5.74, 6) is -2.73. The van der Waals surface area contributed by atoms with Crippen LogP contribution in [-0.4, -0.2) is 65.0 Å². The Morgan fingerprint density at radius 3 is 2.45 bits per heavy atom. The third kappa shape index (κ3) is 5.52. The Morgan fingerprint density at radius 1 is 1.05 bits per heavy atom. The van der Waals surface area contributed by atoms with Crippen molar-refractivity contribution in [2.45, 2.75) is 37.4 Å². The average Bonchev–Trinajstić information content (AvgIpc) is 3.24. The van der Waals surface area contributed by atoms with Crippen molar-refractivity contribution in [1.82, 2.24) is 15.3 Å². The lowest BCUT2D eigenvalue weighted by Crippen LogP contribution is -2.45. The van der Waals surface area contributed by atoms with Crippen LogP contribution in [0.1, 0.15) is 35.4 Å². The molecule has 0 saturated carbocycles. The number of fused-ring (bicyclic) bond motifs is 3. The van der Waals surface area contributed by atoms with Gasteiger partial charge in [0.05, 0.1) is 29.2 Å². The fourth-order valence-corrected chi connectivity index (χ4v) is 5.19. The lowest BCUT2D eigenvalue weighted by atomic mass is 10.0. The highest BCUT2D eigenvalue weighted by molar-refractivity contribution is 6.19. The molecular formula is C28H25F3N8O3. The summed E-state index contributed by atoms with van der Waals surface area (Å²) < 4.78 is 51.6. The molecule has 216 valence electrons. The fraction of sp³-hybridized carbons (Fsp3) is 0.286. The normalized spacial score (nSPS) is 21.5. The minimum atomic E-state index is -4.80. The molecule has 3 aliphatic rings. The number of morpholine rings is 1. The molecule has 0 radical (unpaired) electrons. The Hall–Kier alpha value is -4.85. The van der Waals surface area contributed by atoms with Gasteiger partial charge in [0.25, 0.3) is 11.9 Å². The van der Waals surface area contributed by atoms with Crippen LogP contribution < -0.4 is 15.5 Å². The second-order valence-electron chi connectivity index (χ2n) is 9.98. The molecule has 2 fully saturated rings. The van der Waals surface area contributed by atoms with E-state index in [1.807, 2.05) is 42.5 Å². The molecule has 6 rings (SSSR count). The minimum Gasteiger partial charge on any atom is -0.407 e. The summed E-state index contributed by atoms with van der Waals surface area (Å²) in [4.78, 5) is 26.4. The molecule has 2 saturated heterocycles. The number of alkyl halides is 3. The molecule has 2 bridgehead atoms. The number of hydrogen-bond acceptors (Lipinski definition) is 9. The van der Waals surface area contributed by atoms with Crippen LogP contribution in [-0.2, 0) is 20.4 Å². The molecule has 0 aliphatic carbocycles. The summed E-state index contributed by atoms with van der Waals surface area (Å²) in [5, 5.41) is 22.2. The number of benzodiazepines with no additional fused rings is 1. The number of aliphatic imine (C=N–C) groups is 1. The standard InChI is InChI=1S/C28H25F3N8O3/c29-28(30,31)26-34-12-19(24(38-26)39-13-16-10-11-17(14-39)41-16)22(32)42-27(33)37-23-25(40)35-20-9-5-4-8-18(20)21(36-23)15-6-2-1-3-7-15/h1-9,12,16-17,23,32H,10-11,13-14H2,(H2,33,37)(H,35,40)/t16?,17?,23-/m1/s1. The number of carbonyl (C=O) groups excluding carboxylic acids is 1. The van der Waals surface area contributed by atoms with Gasteiger partial charge in [-0.1, -0.05) is 48.5 Å². The number of ether oxygens (including phenoxy) is 2. The van der Waals surface area contributed by atoms with Gasteiger partial charge in [-0.2, -0.15) is 13.2 Å². The van der Waals surface area contributed by atoms with Gasteiger partial charge in [0, 0.05) is 30.4 Å². The zero-order valence-electron chi connectivity index (χ0n) is 22.0. The Labute approximate surface area is 237 Å². The van der Waals surface area contributed by atoms with Gasteiger partial charge in [0.15, 0.2) is 0 Å². The number of hydrogen-bond donors (Lipinski definition) is 4. The summed E-state index contributed by atoms with van der Waals surface area (Å²) in [5.41, 5.74) is 2.29. The number of amidine groups is 1. The molecule has 3 aromatic rings. The smallest absolute Gasteiger partial charge is 0.407 e. The molecule has 2 aromatic carbocycles. The molecule has 11 nitrogen and oxygen atoms in total. The molecule has 1 aromatic heterocycles. The molecule has 14 heteroatoms. The third-order valence-corrected chi connectivity index (χ3v) is 7.08. The number of halogens is 3. The number of amides is 1. The zero-order chi connectivity index (χ0) is 29.4. The van der Waals surface area contributed by atoms with Gasteiger partial charge in [-0.3, -0.25) is 15.6 Å². The van der Waals surface area contributed by atoms with Crippen molar-refractivity contribution in [2.75, 3.05) is 23.3 Å². The van der Waals surface area contributed by atoms with Crippen molar-refractivity contribution in [1.29, 1.82) is 10.8 Å². The van der Waals surface area contributed by atoms with E-state index in [4.69, 9.17) is 20.3 Å². The maximum atomic E-state index is 13.5. The van der Waals surface area contributed by atoms with E-state index in [9.17, 15) is 18.0 Å². The number of nitrogens with one attached hydrogen (secondary N) is 4. The average molecular weight is 579 g/mol. The van der Waals surface area contributed by atoms with Gasteiger partial charge in [-0.05, 0) is 18.9 Å². The highest BCUT2D eigenvalue weighted by Crippen LogP contribution is 2.33. The Morgan fingerprint density at radius 2 is 1.74 bits per heavy atom. The molecular weight excluding hydrogens is 553 g/mol. The topological polar surface area (TPSA) is 149 Å². The van der Waals surface area contributed by atoms with E-state index < -0.39 is 36.0 Å². The molecule has 1 amide bonds. The van der Waals surface area contributed by atoms with Crippen molar-refractivity contribution in [2.24, 2.45) is 4.99 Å². The van der Waals surface area contributed by atoms with Crippen LogP contribution in [0.2, 0.25) is 0 Å². The van der Waals surface area contributed by atoms with Gasteiger partial charge >= 0.3 is 6.18 Å². The number of para-hydroxylation sites is 1. The van der Waals surface area contributed by atoms with Crippen LogP contribution in [0.4, 0.5) is 24.7 Å². The first-order valence-corrected chi connectivity index (χ1v) is 13.2. The molecule has 4 heterocycles. The van der Waals surface area contributed by atoms with Crippen LogP contribution in [0.3, 0.4) is 0 Å². The monoisotopic (exact) mass is 578 g/mol. The van der Waals surface area contributed by atoms with E-state index in [2.05, 4.69) is 25.6 Å². The van der Waals surface area contributed by atoms with Crippen LogP contribution in [0.5, 0.6) is 0 Å². The van der Waals surface area contributed by atoms with E-state index in [1.54, 1.807) is 17.0 Å². The van der Waals surface area contributed by atoms with Crippen LogP contribution >= 0.6 is 0 Å². The summed E-state index contributed by atoms with van der Waals surface area (Å²) in [6, 6.07) is 15.6. The fourth-order valence-electron chi connectivity index (χ4n) is 5.19. The van der Waals surface area contributed by atoms with E-state index in [-0.39, 0.29) is 23.6 Å². The highest BCUT2D eigenvalue weighted by atomic mass is 19.4. The van der Waals surface area contributed by atoms with Gasteiger partial charge in [-0.25, -0.2) is 15.0 Å². The van der Waals surface area contributed by atoms with Crippen molar-refractivity contribution in [3.8, 4) is 0 Å². The maximum absolute atomic E-state index is 13.5. The molecule has 3 atom stereocenters. The predicted molar refractivity (Wildman–Crippen MR) is 147 cm³/mol.